The van der Waals surface area contributed by atoms with Gasteiger partial charge in [-0.2, -0.15) is 0 Å². The summed E-state index contributed by atoms with van der Waals surface area (Å²) in [6.07, 6.45) is 0. The van der Waals surface area contributed by atoms with Crippen molar-refractivity contribution in [3.63, 3.8) is 0 Å². The van der Waals surface area contributed by atoms with Crippen molar-refractivity contribution in [1.29, 1.82) is 0 Å². The smallest absolute Gasteiger partial charge is 0.319 e. The van der Waals surface area contributed by atoms with Gasteiger partial charge in [-0.25, -0.2) is 9.18 Å². The number of halogens is 1. The van der Waals surface area contributed by atoms with Crippen LogP contribution in [0.1, 0.15) is 12.5 Å². The maximum absolute atomic E-state index is 13.1. The Morgan fingerprint density at radius 3 is 2.75 bits per heavy atom. The summed E-state index contributed by atoms with van der Waals surface area (Å²) in [4.78, 5) is 11.9. The number of rotatable bonds is 7. The molecule has 6 heteroatoms. The van der Waals surface area contributed by atoms with E-state index in [4.69, 9.17) is 9.47 Å². The summed E-state index contributed by atoms with van der Waals surface area (Å²) in [6.45, 7) is 2.53. The van der Waals surface area contributed by atoms with Gasteiger partial charge in [-0.1, -0.05) is 18.2 Å². The van der Waals surface area contributed by atoms with E-state index in [1.54, 1.807) is 43.5 Å². The van der Waals surface area contributed by atoms with Gasteiger partial charge in [0.2, 0.25) is 0 Å². The van der Waals surface area contributed by atoms with E-state index >= 15 is 0 Å². The van der Waals surface area contributed by atoms with E-state index in [9.17, 15) is 9.18 Å². The highest BCUT2D eigenvalue weighted by molar-refractivity contribution is 5.89. The Bertz CT molecular complexity index is 679. The second-order valence-corrected chi connectivity index (χ2v) is 5.40. The zero-order chi connectivity index (χ0) is 17.4. The highest BCUT2D eigenvalue weighted by Gasteiger charge is 2.07. The molecule has 2 rings (SSSR count). The number of nitrogens with one attached hydrogen (secondary N) is 2. The predicted octanol–water partition coefficient (Wildman–Crippen LogP) is 3.56. The van der Waals surface area contributed by atoms with Crippen LogP contribution in [0.25, 0.3) is 0 Å². The normalized spacial score (nSPS) is 11.6. The number of hydrogen-bond donors (Lipinski definition) is 2. The van der Waals surface area contributed by atoms with Gasteiger partial charge >= 0.3 is 6.03 Å². The Hall–Kier alpha value is -2.60. The Morgan fingerprint density at radius 1 is 1.21 bits per heavy atom. The summed E-state index contributed by atoms with van der Waals surface area (Å²) in [5, 5.41) is 5.49. The van der Waals surface area contributed by atoms with Crippen molar-refractivity contribution >= 4 is 11.7 Å². The van der Waals surface area contributed by atoms with E-state index in [1.807, 2.05) is 6.92 Å². The summed E-state index contributed by atoms with van der Waals surface area (Å²) in [6, 6.07) is 12.8. The fraction of sp³-hybridized carbons (Fsp3) is 0.278. The molecule has 0 saturated carbocycles. The number of ether oxygens (including phenoxy) is 2. The average Bonchev–Trinajstić information content (AvgIpc) is 2.53. The molecule has 0 aliphatic carbocycles. The van der Waals surface area contributed by atoms with Crippen molar-refractivity contribution < 1.29 is 18.7 Å². The van der Waals surface area contributed by atoms with E-state index in [0.29, 0.717) is 18.0 Å². The average molecular weight is 332 g/mol. The first-order valence-electron chi connectivity index (χ1n) is 7.60. The number of benzene rings is 2. The number of amides is 2. The van der Waals surface area contributed by atoms with Gasteiger partial charge in [0.05, 0.1) is 12.6 Å². The highest BCUT2D eigenvalue weighted by Crippen LogP contribution is 2.18. The number of carbonyl (C=O) groups excluding carboxylic acids is 1. The molecule has 2 amide bonds. The van der Waals surface area contributed by atoms with Crippen LogP contribution in [0.5, 0.6) is 5.75 Å². The molecular formula is C18H21FN2O3. The van der Waals surface area contributed by atoms with E-state index in [0.717, 1.165) is 5.56 Å². The number of urea groups is 1. The van der Waals surface area contributed by atoms with Gasteiger partial charge in [-0.15, -0.1) is 0 Å². The molecule has 0 saturated heterocycles. The molecule has 0 spiro atoms. The van der Waals surface area contributed by atoms with Crippen LogP contribution < -0.4 is 15.4 Å². The van der Waals surface area contributed by atoms with Crippen molar-refractivity contribution in [2.75, 3.05) is 19.0 Å². The molecule has 128 valence electrons. The Balaban J connectivity index is 1.90. The first-order valence-corrected chi connectivity index (χ1v) is 7.60. The van der Waals surface area contributed by atoms with Crippen LogP contribution in [0, 0.1) is 5.82 Å². The first kappa shape index (κ1) is 17.7. The van der Waals surface area contributed by atoms with Gasteiger partial charge in [0, 0.05) is 18.9 Å². The number of anilines is 1. The molecular weight excluding hydrogens is 311 g/mol. The van der Waals surface area contributed by atoms with Gasteiger partial charge in [-0.05, 0) is 36.8 Å². The molecule has 0 bridgehead atoms. The minimum Gasteiger partial charge on any atom is -0.489 e. The van der Waals surface area contributed by atoms with Crippen LogP contribution in [0.4, 0.5) is 14.9 Å². The lowest BCUT2D eigenvalue weighted by Crippen LogP contribution is -2.38. The Kier molecular flexibility index (Phi) is 6.57. The molecule has 0 heterocycles. The lowest BCUT2D eigenvalue weighted by Gasteiger charge is -2.14. The third kappa shape index (κ3) is 5.89. The molecule has 0 aliphatic heterocycles. The molecule has 1 unspecified atom stereocenters. The van der Waals surface area contributed by atoms with Crippen LogP contribution in [0.3, 0.4) is 0 Å². The highest BCUT2D eigenvalue weighted by atomic mass is 19.1. The fourth-order valence-electron chi connectivity index (χ4n) is 2.14. The van der Waals surface area contributed by atoms with E-state index in [1.165, 1.54) is 12.1 Å². The van der Waals surface area contributed by atoms with Crippen molar-refractivity contribution in [1.82, 2.24) is 5.32 Å². The van der Waals surface area contributed by atoms with Crippen molar-refractivity contribution in [2.24, 2.45) is 0 Å². The van der Waals surface area contributed by atoms with Crippen molar-refractivity contribution in [3.8, 4) is 5.75 Å². The summed E-state index contributed by atoms with van der Waals surface area (Å²) >= 11 is 0. The van der Waals surface area contributed by atoms with Gasteiger partial charge in [-0.3, -0.25) is 0 Å². The number of hydrogen-bond acceptors (Lipinski definition) is 3. The van der Waals surface area contributed by atoms with E-state index in [2.05, 4.69) is 10.6 Å². The van der Waals surface area contributed by atoms with Gasteiger partial charge in [0.1, 0.15) is 18.2 Å². The van der Waals surface area contributed by atoms with Crippen LogP contribution in [-0.2, 0) is 11.3 Å². The third-order valence-corrected chi connectivity index (χ3v) is 3.18. The quantitative estimate of drug-likeness (QED) is 0.815. The molecule has 1 atom stereocenters. The molecule has 5 nitrogen and oxygen atoms in total. The van der Waals surface area contributed by atoms with Gasteiger partial charge in [0.25, 0.3) is 0 Å². The van der Waals surface area contributed by atoms with Crippen LogP contribution in [-0.4, -0.2) is 25.8 Å². The lowest BCUT2D eigenvalue weighted by atomic mass is 10.2. The third-order valence-electron chi connectivity index (χ3n) is 3.18. The van der Waals surface area contributed by atoms with Crippen molar-refractivity contribution in [3.05, 3.63) is 59.9 Å². The largest absolute Gasteiger partial charge is 0.489 e. The minimum absolute atomic E-state index is 0.0950. The Labute approximate surface area is 140 Å². The molecule has 0 fully saturated rings. The van der Waals surface area contributed by atoms with Crippen LogP contribution in [0.15, 0.2) is 48.5 Å². The lowest BCUT2D eigenvalue weighted by molar-refractivity contribution is 0.173. The van der Waals surface area contributed by atoms with Crippen LogP contribution in [0.2, 0.25) is 0 Å². The molecule has 0 aromatic heterocycles. The topological polar surface area (TPSA) is 59.6 Å². The molecule has 0 radical (unpaired) electrons. The maximum Gasteiger partial charge on any atom is 0.319 e. The Morgan fingerprint density at radius 2 is 2.00 bits per heavy atom. The maximum atomic E-state index is 13.1. The summed E-state index contributed by atoms with van der Waals surface area (Å²) < 4.78 is 23.7. The van der Waals surface area contributed by atoms with Gasteiger partial charge in [0.15, 0.2) is 0 Å². The van der Waals surface area contributed by atoms with Gasteiger partial charge < -0.3 is 20.1 Å². The van der Waals surface area contributed by atoms with Crippen LogP contribution >= 0.6 is 0 Å². The monoisotopic (exact) mass is 332 g/mol. The number of carbonyl (C=O) groups is 1. The zero-order valence-electron chi connectivity index (χ0n) is 13.7. The summed E-state index contributed by atoms with van der Waals surface area (Å²) in [5.41, 5.74) is 1.34. The number of methoxy groups -OCH3 is 1. The molecule has 2 N–H and O–H groups in total. The van der Waals surface area contributed by atoms with E-state index < -0.39 is 0 Å². The molecule has 2 aromatic carbocycles. The second kappa shape index (κ2) is 8.88. The predicted molar refractivity (Wildman–Crippen MR) is 90.7 cm³/mol. The minimum atomic E-state index is -0.318. The van der Waals surface area contributed by atoms with E-state index in [-0.39, 0.29) is 24.5 Å². The van der Waals surface area contributed by atoms with Crippen molar-refractivity contribution in [2.45, 2.75) is 19.6 Å². The zero-order valence-corrected chi connectivity index (χ0v) is 13.7. The standard InChI is InChI=1S/C18H21FN2O3/c1-13(11-23-2)20-18(22)21-16-7-4-8-17(10-16)24-12-14-5-3-6-15(19)9-14/h3-10,13H,11-12H2,1-2H3,(H2,20,21,22). The second-order valence-electron chi connectivity index (χ2n) is 5.40. The molecule has 24 heavy (non-hydrogen) atoms. The SMILES string of the molecule is COCC(C)NC(=O)Nc1cccc(OCc2cccc(F)c2)c1. The summed E-state index contributed by atoms with van der Waals surface area (Å²) in [5.74, 6) is 0.287. The summed E-state index contributed by atoms with van der Waals surface area (Å²) in [7, 11) is 1.58. The molecule has 2 aromatic rings. The first-order chi connectivity index (χ1) is 11.6. The molecule has 0 aliphatic rings. The fourth-order valence-corrected chi connectivity index (χ4v) is 2.14.